The number of nitrogens with two attached hydrogens (primary N) is 1. The molecule has 17 heavy (non-hydrogen) atoms. The molecule has 4 nitrogen and oxygen atoms in total. The van der Waals surface area contributed by atoms with E-state index in [0.717, 1.165) is 26.1 Å². The van der Waals surface area contributed by atoms with Gasteiger partial charge in [-0.1, -0.05) is 6.92 Å². The summed E-state index contributed by atoms with van der Waals surface area (Å²) in [6.07, 6.45) is 0.874. The molecule has 0 aliphatic carbocycles. The van der Waals surface area contributed by atoms with Crippen molar-refractivity contribution in [2.24, 2.45) is 5.73 Å². The first-order chi connectivity index (χ1) is 8.19. The maximum absolute atomic E-state index is 7.42. The lowest BCUT2D eigenvalue weighted by molar-refractivity contribution is 0.00274. The number of ether oxygens (including phenoxy) is 1. The molecule has 2 heterocycles. The van der Waals surface area contributed by atoms with Gasteiger partial charge in [0.15, 0.2) is 0 Å². The zero-order valence-electron chi connectivity index (χ0n) is 10.1. The van der Waals surface area contributed by atoms with Gasteiger partial charge in [-0.3, -0.25) is 10.3 Å². The van der Waals surface area contributed by atoms with Crippen molar-refractivity contribution in [2.75, 3.05) is 19.7 Å². The van der Waals surface area contributed by atoms with Crippen molar-refractivity contribution in [1.82, 2.24) is 4.90 Å². The average molecular weight is 253 g/mol. The van der Waals surface area contributed by atoms with Crippen molar-refractivity contribution in [3.05, 3.63) is 21.9 Å². The topological polar surface area (TPSA) is 62.3 Å². The Morgan fingerprint density at radius 3 is 3.00 bits per heavy atom. The maximum Gasteiger partial charge on any atom is 0.127 e. The summed E-state index contributed by atoms with van der Waals surface area (Å²) in [4.78, 5) is 5.11. The third-order valence-corrected chi connectivity index (χ3v) is 4.16. The van der Waals surface area contributed by atoms with Crippen molar-refractivity contribution in [1.29, 1.82) is 5.41 Å². The second-order valence-corrected chi connectivity index (χ2v) is 5.52. The molecule has 1 aromatic heterocycles. The van der Waals surface area contributed by atoms with Crippen LogP contribution in [0.1, 0.15) is 16.7 Å². The minimum Gasteiger partial charge on any atom is -0.385 e. The van der Waals surface area contributed by atoms with E-state index in [2.05, 4.69) is 24.0 Å². The van der Waals surface area contributed by atoms with Crippen molar-refractivity contribution in [2.45, 2.75) is 26.0 Å². The Bertz CT molecular complexity index is 391. The number of hydrogen-bond donors (Lipinski definition) is 2. The molecular formula is C12H19N3OS. The zero-order valence-corrected chi connectivity index (χ0v) is 10.9. The van der Waals surface area contributed by atoms with Crippen LogP contribution in [-0.2, 0) is 17.7 Å². The van der Waals surface area contributed by atoms with Gasteiger partial charge < -0.3 is 10.5 Å². The van der Waals surface area contributed by atoms with Crippen LogP contribution in [-0.4, -0.2) is 36.5 Å². The Morgan fingerprint density at radius 1 is 1.59 bits per heavy atom. The van der Waals surface area contributed by atoms with Gasteiger partial charge in [-0.25, -0.2) is 0 Å². The number of morpholine rings is 1. The molecule has 0 bridgehead atoms. The van der Waals surface area contributed by atoms with Gasteiger partial charge in [-0.05, 0) is 18.6 Å². The molecule has 1 atom stereocenters. The van der Waals surface area contributed by atoms with Gasteiger partial charge in [0.2, 0.25) is 0 Å². The third kappa shape index (κ3) is 3.28. The molecule has 1 fully saturated rings. The molecule has 0 radical (unpaired) electrons. The summed E-state index contributed by atoms with van der Waals surface area (Å²) in [6, 6.07) is 4.39. The number of rotatable bonds is 4. The molecule has 2 rings (SSSR count). The van der Waals surface area contributed by atoms with E-state index >= 15 is 0 Å². The molecule has 1 aromatic rings. The lowest BCUT2D eigenvalue weighted by atomic mass is 10.2. The number of nitrogens with one attached hydrogen (secondary N) is 1. The van der Waals surface area contributed by atoms with Crippen LogP contribution < -0.4 is 5.73 Å². The van der Waals surface area contributed by atoms with E-state index in [1.165, 1.54) is 9.75 Å². The van der Waals surface area contributed by atoms with Crippen LogP contribution in [0.3, 0.4) is 0 Å². The summed E-state index contributed by atoms with van der Waals surface area (Å²) in [7, 11) is 0. The highest BCUT2D eigenvalue weighted by Crippen LogP contribution is 2.19. The molecule has 1 aliphatic heterocycles. The molecule has 0 amide bonds. The van der Waals surface area contributed by atoms with Crippen LogP contribution in [0.5, 0.6) is 0 Å². The van der Waals surface area contributed by atoms with E-state index in [1.54, 1.807) is 0 Å². The third-order valence-electron chi connectivity index (χ3n) is 2.94. The largest absolute Gasteiger partial charge is 0.385 e. The number of hydrogen-bond acceptors (Lipinski definition) is 4. The lowest BCUT2D eigenvalue weighted by Gasteiger charge is -2.31. The summed E-state index contributed by atoms with van der Waals surface area (Å²) < 4.78 is 5.45. The maximum atomic E-state index is 7.42. The first kappa shape index (κ1) is 12.5. The second kappa shape index (κ2) is 5.62. The van der Waals surface area contributed by atoms with Crippen molar-refractivity contribution in [3.8, 4) is 0 Å². The first-order valence-corrected chi connectivity index (χ1v) is 6.76. The van der Waals surface area contributed by atoms with E-state index in [-0.39, 0.29) is 11.9 Å². The van der Waals surface area contributed by atoms with Crippen molar-refractivity contribution in [3.63, 3.8) is 0 Å². The van der Waals surface area contributed by atoms with Gasteiger partial charge in [0.25, 0.3) is 0 Å². The average Bonchev–Trinajstić information content (AvgIpc) is 2.77. The van der Waals surface area contributed by atoms with E-state index < -0.39 is 0 Å². The molecule has 0 aromatic carbocycles. The Hall–Kier alpha value is -0.910. The van der Waals surface area contributed by atoms with Crippen LogP contribution in [0.2, 0.25) is 0 Å². The minimum absolute atomic E-state index is 0.134. The highest BCUT2D eigenvalue weighted by molar-refractivity contribution is 7.11. The number of thiophene rings is 1. The van der Waals surface area contributed by atoms with Gasteiger partial charge in [0.05, 0.1) is 6.61 Å². The van der Waals surface area contributed by atoms with Gasteiger partial charge in [0.1, 0.15) is 11.9 Å². The minimum atomic E-state index is -0.227. The zero-order chi connectivity index (χ0) is 12.3. The van der Waals surface area contributed by atoms with Crippen LogP contribution >= 0.6 is 11.3 Å². The highest BCUT2D eigenvalue weighted by Gasteiger charge is 2.22. The monoisotopic (exact) mass is 253 g/mol. The van der Waals surface area contributed by atoms with Crippen LogP contribution in [0, 0.1) is 5.41 Å². The SMILES string of the molecule is CCc1ccc(CN2CCOC(C(=N)N)C2)s1. The quantitative estimate of drug-likeness (QED) is 0.630. The van der Waals surface area contributed by atoms with Gasteiger partial charge in [-0.15, -0.1) is 11.3 Å². The van der Waals surface area contributed by atoms with E-state index in [9.17, 15) is 0 Å². The standard InChI is InChI=1S/C12H19N3OS/c1-2-9-3-4-10(17-9)7-15-5-6-16-11(8-15)12(13)14/h3-4,11H,2,5-8H2,1H3,(H3,13,14). The second-order valence-electron chi connectivity index (χ2n) is 4.27. The van der Waals surface area contributed by atoms with Crippen molar-refractivity contribution >= 4 is 17.2 Å². The Balaban J connectivity index is 1.92. The molecule has 94 valence electrons. The summed E-state index contributed by atoms with van der Waals surface area (Å²) in [5, 5.41) is 7.42. The molecule has 1 aliphatic rings. The number of nitrogens with zero attached hydrogens (tertiary/aromatic N) is 1. The van der Waals surface area contributed by atoms with Gasteiger partial charge >= 0.3 is 0 Å². The summed E-state index contributed by atoms with van der Waals surface area (Å²) in [5.74, 6) is 0.134. The fourth-order valence-corrected chi connectivity index (χ4v) is 2.95. The summed E-state index contributed by atoms with van der Waals surface area (Å²) in [5.41, 5.74) is 5.48. The highest BCUT2D eigenvalue weighted by atomic mass is 32.1. The normalized spacial score (nSPS) is 21.6. The number of aryl methyl sites for hydroxylation is 1. The van der Waals surface area contributed by atoms with Crippen LogP contribution in [0.25, 0.3) is 0 Å². The smallest absolute Gasteiger partial charge is 0.127 e. The van der Waals surface area contributed by atoms with E-state index in [1.807, 2.05) is 11.3 Å². The molecule has 5 heteroatoms. The Morgan fingerprint density at radius 2 is 2.35 bits per heavy atom. The molecule has 1 unspecified atom stereocenters. The first-order valence-electron chi connectivity index (χ1n) is 5.94. The summed E-state index contributed by atoms with van der Waals surface area (Å²) in [6.45, 7) is 5.43. The number of amidine groups is 1. The van der Waals surface area contributed by atoms with Gasteiger partial charge in [-0.2, -0.15) is 0 Å². The molecule has 1 saturated heterocycles. The Kier molecular flexibility index (Phi) is 4.15. The Labute approximate surface area is 106 Å². The van der Waals surface area contributed by atoms with Crippen molar-refractivity contribution < 1.29 is 4.74 Å². The fraction of sp³-hybridized carbons (Fsp3) is 0.583. The molecular weight excluding hydrogens is 234 g/mol. The van der Waals surface area contributed by atoms with E-state index in [4.69, 9.17) is 15.9 Å². The molecule has 3 N–H and O–H groups in total. The van der Waals surface area contributed by atoms with E-state index in [0.29, 0.717) is 6.61 Å². The fourth-order valence-electron chi connectivity index (χ4n) is 1.95. The summed E-state index contributed by atoms with van der Waals surface area (Å²) >= 11 is 1.87. The predicted octanol–water partition coefficient (Wildman–Crippen LogP) is 1.45. The van der Waals surface area contributed by atoms with Crippen LogP contribution in [0.4, 0.5) is 0 Å². The molecule has 0 saturated carbocycles. The molecule has 0 spiro atoms. The van der Waals surface area contributed by atoms with Crippen LogP contribution in [0.15, 0.2) is 12.1 Å². The van der Waals surface area contributed by atoms with Gasteiger partial charge in [0, 0.05) is 29.4 Å². The predicted molar refractivity (Wildman–Crippen MR) is 70.6 cm³/mol. The lowest BCUT2D eigenvalue weighted by Crippen LogP contribution is -2.47.